The van der Waals surface area contributed by atoms with Crippen LogP contribution in [0.2, 0.25) is 0 Å². The summed E-state index contributed by atoms with van der Waals surface area (Å²) in [5.74, 6) is 1.24. The zero-order valence-electron chi connectivity index (χ0n) is 10.7. The van der Waals surface area contributed by atoms with E-state index in [0.29, 0.717) is 11.8 Å². The Morgan fingerprint density at radius 2 is 1.93 bits per heavy atom. The molecule has 0 unspecified atom stereocenters. The van der Waals surface area contributed by atoms with Crippen LogP contribution in [0.3, 0.4) is 0 Å². The Labute approximate surface area is 92.9 Å². The fraction of sp³-hybridized carbons (Fsp3) is 0.667. The lowest BCUT2D eigenvalue weighted by atomic mass is 10.1. The van der Waals surface area contributed by atoms with Crippen molar-refractivity contribution in [2.45, 2.75) is 41.0 Å². The second-order valence-electron chi connectivity index (χ2n) is 3.55. The maximum atomic E-state index is 5.09. The second-order valence-corrected chi connectivity index (χ2v) is 3.55. The van der Waals surface area contributed by atoms with Crippen molar-refractivity contribution < 1.29 is 4.74 Å². The van der Waals surface area contributed by atoms with E-state index in [1.54, 1.807) is 7.11 Å². The molecule has 0 aliphatic carbocycles. The first-order chi connectivity index (χ1) is 7.13. The summed E-state index contributed by atoms with van der Waals surface area (Å²) in [5.41, 5.74) is 1.84. The molecule has 0 atom stereocenters. The highest BCUT2D eigenvalue weighted by Gasteiger charge is 2.04. The van der Waals surface area contributed by atoms with Gasteiger partial charge in [0.25, 0.3) is 0 Å². The number of nitrogens with zero attached hydrogens (tertiary/aromatic N) is 2. The van der Waals surface area contributed by atoms with Gasteiger partial charge in [-0.1, -0.05) is 27.7 Å². The highest BCUT2D eigenvalue weighted by molar-refractivity contribution is 5.18. The summed E-state index contributed by atoms with van der Waals surface area (Å²) in [5, 5.41) is 0. The molecule has 0 saturated carbocycles. The van der Waals surface area contributed by atoms with E-state index >= 15 is 0 Å². The number of methoxy groups -OCH3 is 1. The maximum absolute atomic E-state index is 5.09. The van der Waals surface area contributed by atoms with Crippen molar-refractivity contribution in [2.75, 3.05) is 7.11 Å². The topological polar surface area (TPSA) is 35.0 Å². The fourth-order valence-electron chi connectivity index (χ4n) is 1.18. The van der Waals surface area contributed by atoms with Gasteiger partial charge in [-0.2, -0.15) is 0 Å². The molecule has 1 rings (SSSR count). The minimum Gasteiger partial charge on any atom is -0.480 e. The van der Waals surface area contributed by atoms with E-state index in [4.69, 9.17) is 4.74 Å². The molecule has 1 aromatic heterocycles. The average molecular weight is 210 g/mol. The molecule has 15 heavy (non-hydrogen) atoms. The van der Waals surface area contributed by atoms with E-state index in [2.05, 4.69) is 23.8 Å². The van der Waals surface area contributed by atoms with Crippen LogP contribution in [0.1, 0.15) is 39.1 Å². The predicted octanol–water partition coefficient (Wildman–Crippen LogP) is 3.02. The summed E-state index contributed by atoms with van der Waals surface area (Å²) >= 11 is 0. The monoisotopic (exact) mass is 210 g/mol. The van der Waals surface area contributed by atoms with Crippen molar-refractivity contribution in [1.29, 1.82) is 0 Å². The van der Waals surface area contributed by atoms with Crippen LogP contribution < -0.4 is 4.74 Å². The number of aromatic nitrogens is 2. The van der Waals surface area contributed by atoms with Crippen LogP contribution >= 0.6 is 0 Å². The Hall–Kier alpha value is -1.12. The van der Waals surface area contributed by atoms with Gasteiger partial charge in [-0.25, -0.2) is 4.98 Å². The normalized spacial score (nSPS) is 9.53. The van der Waals surface area contributed by atoms with Crippen LogP contribution in [0, 0.1) is 12.8 Å². The molecular formula is C12H22N2O. The van der Waals surface area contributed by atoms with Crippen LogP contribution in [0.15, 0.2) is 6.20 Å². The van der Waals surface area contributed by atoms with E-state index < -0.39 is 0 Å². The third-order valence-corrected chi connectivity index (χ3v) is 1.77. The standard InChI is InChI=1S/C10H16N2O.C2H6/c1-7(2)5-9-6-11-8(3)10(12-9)13-4;1-2/h6-7H,5H2,1-4H3;1-2H3. The molecule has 86 valence electrons. The third-order valence-electron chi connectivity index (χ3n) is 1.77. The first-order valence-electron chi connectivity index (χ1n) is 5.50. The van der Waals surface area contributed by atoms with E-state index in [1.807, 2.05) is 27.0 Å². The molecule has 0 amide bonds. The fourth-order valence-corrected chi connectivity index (χ4v) is 1.18. The molecule has 0 bridgehead atoms. The lowest BCUT2D eigenvalue weighted by Gasteiger charge is -2.07. The van der Waals surface area contributed by atoms with Gasteiger partial charge >= 0.3 is 0 Å². The Morgan fingerprint density at radius 3 is 2.40 bits per heavy atom. The summed E-state index contributed by atoms with van der Waals surface area (Å²) in [7, 11) is 1.62. The van der Waals surface area contributed by atoms with Crippen LogP contribution in [0.5, 0.6) is 5.88 Å². The van der Waals surface area contributed by atoms with Gasteiger partial charge in [0.15, 0.2) is 0 Å². The summed E-state index contributed by atoms with van der Waals surface area (Å²) in [6.07, 6.45) is 2.77. The molecular weight excluding hydrogens is 188 g/mol. The van der Waals surface area contributed by atoms with Gasteiger partial charge in [0, 0.05) is 6.20 Å². The summed E-state index contributed by atoms with van der Waals surface area (Å²) in [6, 6.07) is 0. The van der Waals surface area contributed by atoms with Crippen LogP contribution in [-0.4, -0.2) is 17.1 Å². The minimum absolute atomic E-state index is 0.599. The van der Waals surface area contributed by atoms with Crippen molar-refractivity contribution in [1.82, 2.24) is 9.97 Å². The number of rotatable bonds is 3. The highest BCUT2D eigenvalue weighted by Crippen LogP contribution is 2.13. The molecule has 0 aliphatic heterocycles. The molecule has 3 heteroatoms. The van der Waals surface area contributed by atoms with E-state index in [9.17, 15) is 0 Å². The predicted molar refractivity (Wildman–Crippen MR) is 63.2 cm³/mol. The van der Waals surface area contributed by atoms with Gasteiger partial charge in [-0.15, -0.1) is 0 Å². The molecule has 0 aliphatic rings. The molecule has 1 aromatic rings. The minimum atomic E-state index is 0.599. The number of hydrogen-bond acceptors (Lipinski definition) is 3. The second kappa shape index (κ2) is 7.21. The zero-order valence-corrected chi connectivity index (χ0v) is 10.7. The molecule has 1 heterocycles. The van der Waals surface area contributed by atoms with Crippen molar-refractivity contribution >= 4 is 0 Å². The SMILES string of the molecule is CC.COc1nc(CC(C)C)cnc1C. The van der Waals surface area contributed by atoms with E-state index in [0.717, 1.165) is 17.8 Å². The molecule has 3 nitrogen and oxygen atoms in total. The van der Waals surface area contributed by atoms with Crippen LogP contribution in [-0.2, 0) is 6.42 Å². The summed E-state index contributed by atoms with van der Waals surface area (Å²) < 4.78 is 5.09. The lowest BCUT2D eigenvalue weighted by molar-refractivity contribution is 0.389. The quantitative estimate of drug-likeness (QED) is 0.769. The van der Waals surface area contributed by atoms with Crippen molar-refractivity contribution in [3.8, 4) is 5.88 Å². The summed E-state index contributed by atoms with van der Waals surface area (Å²) in [4.78, 5) is 8.56. The van der Waals surface area contributed by atoms with Crippen molar-refractivity contribution in [2.24, 2.45) is 5.92 Å². The van der Waals surface area contributed by atoms with E-state index in [-0.39, 0.29) is 0 Å². The number of aryl methyl sites for hydroxylation is 1. The van der Waals surface area contributed by atoms with Gasteiger partial charge in [0.1, 0.15) is 0 Å². The Kier molecular flexibility index (Phi) is 6.67. The molecule has 0 N–H and O–H groups in total. The third kappa shape index (κ3) is 4.77. The van der Waals surface area contributed by atoms with E-state index in [1.165, 1.54) is 0 Å². The average Bonchev–Trinajstić information content (AvgIpc) is 2.23. The molecule has 0 saturated heterocycles. The summed E-state index contributed by atoms with van der Waals surface area (Å²) in [6.45, 7) is 10.2. The first kappa shape index (κ1) is 13.9. The first-order valence-corrected chi connectivity index (χ1v) is 5.50. The number of ether oxygens (including phenoxy) is 1. The molecule has 0 spiro atoms. The molecule has 0 radical (unpaired) electrons. The smallest absolute Gasteiger partial charge is 0.235 e. The maximum Gasteiger partial charge on any atom is 0.235 e. The van der Waals surface area contributed by atoms with Gasteiger partial charge in [-0.05, 0) is 19.3 Å². The zero-order chi connectivity index (χ0) is 11.8. The van der Waals surface area contributed by atoms with Gasteiger partial charge in [-0.3, -0.25) is 4.98 Å². The van der Waals surface area contributed by atoms with Gasteiger partial charge in [0.2, 0.25) is 5.88 Å². The Morgan fingerprint density at radius 1 is 1.33 bits per heavy atom. The van der Waals surface area contributed by atoms with Crippen molar-refractivity contribution in [3.05, 3.63) is 17.6 Å². The lowest BCUT2D eigenvalue weighted by Crippen LogP contribution is -2.02. The highest BCUT2D eigenvalue weighted by atomic mass is 16.5. The largest absolute Gasteiger partial charge is 0.480 e. The van der Waals surface area contributed by atoms with Crippen molar-refractivity contribution in [3.63, 3.8) is 0 Å². The number of hydrogen-bond donors (Lipinski definition) is 0. The van der Waals surface area contributed by atoms with Gasteiger partial charge < -0.3 is 4.74 Å². The Balaban J connectivity index is 0.000000921. The van der Waals surface area contributed by atoms with Gasteiger partial charge in [0.05, 0.1) is 18.5 Å². The molecule has 0 aromatic carbocycles. The molecule has 0 fully saturated rings. The van der Waals surface area contributed by atoms with Crippen LogP contribution in [0.25, 0.3) is 0 Å². The van der Waals surface area contributed by atoms with Crippen LogP contribution in [0.4, 0.5) is 0 Å². The Bertz CT molecular complexity index is 285.